The zero-order valence-electron chi connectivity index (χ0n) is 7.08. The van der Waals surface area contributed by atoms with E-state index in [2.05, 4.69) is 43.1 Å². The molecule has 0 radical (unpaired) electrons. The molecule has 1 aromatic heterocycles. The lowest BCUT2D eigenvalue weighted by molar-refractivity contribution is 0.449. The molecule has 0 saturated carbocycles. The molecule has 0 fully saturated rings. The van der Waals surface area contributed by atoms with E-state index in [4.69, 9.17) is 0 Å². The Morgan fingerprint density at radius 2 is 2.29 bits per heavy atom. The molecule has 0 unspecified atom stereocenters. The summed E-state index contributed by atoms with van der Waals surface area (Å²) in [5.41, 5.74) is -0.371. The number of alkyl halides is 1. The van der Waals surface area contributed by atoms with E-state index in [1.165, 1.54) is 6.21 Å². The lowest BCUT2D eigenvalue weighted by atomic mass is 10.3. The summed E-state index contributed by atoms with van der Waals surface area (Å²) < 4.78 is 0.0881. The van der Waals surface area contributed by atoms with Crippen molar-refractivity contribution in [2.75, 3.05) is 11.9 Å². The van der Waals surface area contributed by atoms with Crippen molar-refractivity contribution in [2.24, 2.45) is 4.99 Å². The van der Waals surface area contributed by atoms with Crippen molar-refractivity contribution in [3.63, 3.8) is 0 Å². The maximum atomic E-state index is 11.2. The lowest BCUT2D eigenvalue weighted by Gasteiger charge is -1.96. The van der Waals surface area contributed by atoms with Gasteiger partial charge in [0.05, 0.1) is 0 Å². The number of aromatic hydroxyl groups is 1. The minimum atomic E-state index is -0.454. The Bertz CT molecular complexity index is 451. The summed E-state index contributed by atoms with van der Waals surface area (Å²) in [6, 6.07) is 0. The van der Waals surface area contributed by atoms with Gasteiger partial charge in [-0.25, -0.2) is 0 Å². The second-order valence-corrected chi connectivity index (χ2v) is 3.60. The summed E-state index contributed by atoms with van der Waals surface area (Å²) in [7, 11) is 0. The van der Waals surface area contributed by atoms with Crippen LogP contribution in [0.1, 0.15) is 5.56 Å². The first-order valence-corrected chi connectivity index (χ1v) is 5.29. The molecule has 0 spiro atoms. The molecule has 5 nitrogen and oxygen atoms in total. The second-order valence-electron chi connectivity index (χ2n) is 2.39. The van der Waals surface area contributed by atoms with Crippen LogP contribution in [-0.2, 0) is 0 Å². The van der Waals surface area contributed by atoms with Gasteiger partial charge < -0.3 is 10.1 Å². The molecule has 0 aliphatic rings. The Morgan fingerprint density at radius 1 is 1.57 bits per heavy atom. The molecule has 76 valence electrons. The Balaban J connectivity index is 3.09. The van der Waals surface area contributed by atoms with Crippen molar-refractivity contribution in [3.05, 3.63) is 20.7 Å². The van der Waals surface area contributed by atoms with Crippen LogP contribution in [0.3, 0.4) is 0 Å². The van der Waals surface area contributed by atoms with Gasteiger partial charge >= 0.3 is 0 Å². The fraction of sp³-hybridized carbons (Fsp3) is 0.286. The molecule has 1 rings (SSSR count). The van der Waals surface area contributed by atoms with Crippen molar-refractivity contribution >= 4 is 34.4 Å². The number of hydrogen-bond acceptors (Lipinski definition) is 4. The van der Waals surface area contributed by atoms with E-state index in [0.29, 0.717) is 11.9 Å². The third-order valence-corrected chi connectivity index (χ3v) is 1.95. The van der Waals surface area contributed by atoms with Crippen LogP contribution in [0.15, 0.2) is 9.79 Å². The third-order valence-electron chi connectivity index (χ3n) is 1.39. The fourth-order valence-electron chi connectivity index (χ4n) is 0.809. The minimum absolute atomic E-state index is 0.0829. The first-order valence-electron chi connectivity index (χ1n) is 3.76. The molecule has 0 saturated heterocycles. The van der Waals surface area contributed by atoms with Gasteiger partial charge in [-0.15, -0.1) is 0 Å². The average molecular weight is 278 g/mol. The van der Waals surface area contributed by atoms with Crippen LogP contribution in [0.25, 0.3) is 0 Å². The second kappa shape index (κ2) is 5.06. The van der Waals surface area contributed by atoms with Crippen LogP contribution in [0, 0.1) is 4.77 Å². The molecule has 1 aromatic rings. The molecular weight excluding hydrogens is 270 g/mol. The quantitative estimate of drug-likeness (QED) is 0.437. The van der Waals surface area contributed by atoms with Gasteiger partial charge in [0, 0.05) is 18.1 Å². The van der Waals surface area contributed by atoms with Crippen LogP contribution < -0.4 is 5.56 Å². The first kappa shape index (κ1) is 11.1. The highest BCUT2D eigenvalue weighted by molar-refractivity contribution is 9.09. The summed E-state index contributed by atoms with van der Waals surface area (Å²) >= 11 is 7.84. The third kappa shape index (κ3) is 2.78. The number of rotatable bonds is 3. The molecule has 14 heavy (non-hydrogen) atoms. The van der Waals surface area contributed by atoms with Gasteiger partial charge in [0.1, 0.15) is 5.56 Å². The van der Waals surface area contributed by atoms with Gasteiger partial charge in [0.15, 0.2) is 4.77 Å². The molecule has 1 heterocycles. The number of aliphatic imine (C=N–C) groups is 1. The molecule has 0 aromatic carbocycles. The van der Waals surface area contributed by atoms with Crippen LogP contribution in [-0.4, -0.2) is 33.2 Å². The highest BCUT2D eigenvalue weighted by Crippen LogP contribution is 2.03. The molecule has 7 heteroatoms. The van der Waals surface area contributed by atoms with Gasteiger partial charge in [-0.1, -0.05) is 15.9 Å². The number of aromatic amines is 2. The molecule has 3 N–H and O–H groups in total. The minimum Gasteiger partial charge on any atom is -0.494 e. The Labute approximate surface area is 93.0 Å². The summed E-state index contributed by atoms with van der Waals surface area (Å²) in [4.78, 5) is 19.9. The Kier molecular flexibility index (Phi) is 4.02. The number of nitrogens with zero attached hydrogens (tertiary/aromatic N) is 1. The van der Waals surface area contributed by atoms with Gasteiger partial charge in [-0.3, -0.25) is 14.8 Å². The highest BCUT2D eigenvalue weighted by atomic mass is 79.9. The van der Waals surface area contributed by atoms with Crippen molar-refractivity contribution in [2.45, 2.75) is 0 Å². The normalized spacial score (nSPS) is 10.9. The SMILES string of the molecule is O=c1[nH]c(=S)[nH]c(O)c1C=NCCBr. The number of hydrogen-bond donors (Lipinski definition) is 3. The summed E-state index contributed by atoms with van der Waals surface area (Å²) in [5.74, 6) is -0.267. The van der Waals surface area contributed by atoms with Crippen LogP contribution in [0.2, 0.25) is 0 Å². The zero-order valence-corrected chi connectivity index (χ0v) is 9.48. The highest BCUT2D eigenvalue weighted by Gasteiger charge is 2.03. The fourth-order valence-corrected chi connectivity index (χ4v) is 1.20. The summed E-state index contributed by atoms with van der Waals surface area (Å²) in [6.45, 7) is 0.536. The standard InChI is InChI=1S/C7H8BrN3O2S/c8-1-2-9-3-4-5(12)10-7(14)11-6(4)13/h3H,1-2H2,(H3,10,11,12,13,14). The number of aromatic nitrogens is 2. The molecule has 0 aliphatic heterocycles. The van der Waals surface area contributed by atoms with E-state index in [1.54, 1.807) is 0 Å². The number of H-pyrrole nitrogens is 2. The molecule has 0 aliphatic carbocycles. The monoisotopic (exact) mass is 277 g/mol. The van der Waals surface area contributed by atoms with E-state index >= 15 is 0 Å². The van der Waals surface area contributed by atoms with Crippen LogP contribution in [0.4, 0.5) is 0 Å². The Morgan fingerprint density at radius 3 is 2.86 bits per heavy atom. The molecule has 0 amide bonds. The molecule has 0 atom stereocenters. The average Bonchev–Trinajstić information content (AvgIpc) is 2.09. The first-order chi connectivity index (χ1) is 6.65. The maximum Gasteiger partial charge on any atom is 0.264 e. The van der Waals surface area contributed by atoms with E-state index in [9.17, 15) is 9.90 Å². The van der Waals surface area contributed by atoms with E-state index in [-0.39, 0.29) is 16.2 Å². The lowest BCUT2D eigenvalue weighted by Crippen LogP contribution is -2.13. The smallest absolute Gasteiger partial charge is 0.264 e. The number of nitrogens with one attached hydrogen (secondary N) is 2. The van der Waals surface area contributed by atoms with Crippen molar-refractivity contribution in [1.82, 2.24) is 9.97 Å². The van der Waals surface area contributed by atoms with Crippen LogP contribution in [0.5, 0.6) is 5.88 Å². The maximum absolute atomic E-state index is 11.2. The predicted molar refractivity (Wildman–Crippen MR) is 60.2 cm³/mol. The largest absolute Gasteiger partial charge is 0.494 e. The summed E-state index contributed by atoms with van der Waals surface area (Å²) in [5, 5.41) is 10.0. The molecule has 0 bridgehead atoms. The van der Waals surface area contributed by atoms with Gasteiger partial charge in [-0.05, 0) is 12.2 Å². The van der Waals surface area contributed by atoms with Gasteiger partial charge in [0.25, 0.3) is 5.56 Å². The van der Waals surface area contributed by atoms with Crippen molar-refractivity contribution in [3.8, 4) is 5.88 Å². The van der Waals surface area contributed by atoms with E-state index in [1.807, 2.05) is 0 Å². The summed E-state index contributed by atoms with van der Waals surface area (Å²) in [6.07, 6.45) is 1.31. The van der Waals surface area contributed by atoms with Gasteiger partial charge in [0.2, 0.25) is 5.88 Å². The van der Waals surface area contributed by atoms with Gasteiger partial charge in [-0.2, -0.15) is 0 Å². The zero-order chi connectivity index (χ0) is 10.6. The van der Waals surface area contributed by atoms with Crippen LogP contribution >= 0.6 is 28.1 Å². The van der Waals surface area contributed by atoms with Crippen molar-refractivity contribution in [1.29, 1.82) is 0 Å². The van der Waals surface area contributed by atoms with E-state index in [0.717, 1.165) is 0 Å². The number of halogens is 1. The van der Waals surface area contributed by atoms with E-state index < -0.39 is 5.56 Å². The topological polar surface area (TPSA) is 81.2 Å². The molecular formula is C7H8BrN3O2S. The Hall–Kier alpha value is -0.950. The predicted octanol–water partition coefficient (Wildman–Crippen LogP) is 0.952. The van der Waals surface area contributed by atoms with Crippen molar-refractivity contribution < 1.29 is 5.11 Å².